The SMILES string of the molecule is O=C(OCc1ccccc1)N(CCF)CCF. The molecule has 0 aromatic heterocycles. The lowest BCUT2D eigenvalue weighted by Gasteiger charge is -2.19. The van der Waals surface area contributed by atoms with E-state index in [1.54, 1.807) is 0 Å². The number of hydrogen-bond acceptors (Lipinski definition) is 2. The van der Waals surface area contributed by atoms with E-state index in [9.17, 15) is 13.6 Å². The fourth-order valence-electron chi connectivity index (χ4n) is 1.31. The van der Waals surface area contributed by atoms with Gasteiger partial charge in [0.25, 0.3) is 0 Å². The maximum Gasteiger partial charge on any atom is 0.410 e. The van der Waals surface area contributed by atoms with Crippen LogP contribution in [0.2, 0.25) is 0 Å². The summed E-state index contributed by atoms with van der Waals surface area (Å²) in [5.74, 6) is 0. The normalized spacial score (nSPS) is 10.0. The Hall–Kier alpha value is -1.65. The van der Waals surface area contributed by atoms with Crippen LogP contribution < -0.4 is 0 Å². The highest BCUT2D eigenvalue weighted by Crippen LogP contribution is 2.03. The minimum absolute atomic E-state index is 0.106. The van der Waals surface area contributed by atoms with Gasteiger partial charge in [0.15, 0.2) is 0 Å². The summed E-state index contributed by atoms with van der Waals surface area (Å²) in [5.41, 5.74) is 0.835. The first-order valence-corrected chi connectivity index (χ1v) is 5.35. The lowest BCUT2D eigenvalue weighted by atomic mass is 10.2. The van der Waals surface area contributed by atoms with Crippen LogP contribution in [0.1, 0.15) is 5.56 Å². The van der Waals surface area contributed by atoms with Crippen LogP contribution in [0.5, 0.6) is 0 Å². The van der Waals surface area contributed by atoms with Gasteiger partial charge in [0, 0.05) is 0 Å². The third-order valence-electron chi connectivity index (χ3n) is 2.17. The number of alkyl halides is 2. The summed E-state index contributed by atoms with van der Waals surface area (Å²) in [6.07, 6.45) is -0.691. The summed E-state index contributed by atoms with van der Waals surface area (Å²) in [5, 5.41) is 0. The quantitative estimate of drug-likeness (QED) is 0.768. The van der Waals surface area contributed by atoms with Crippen LogP contribution in [-0.2, 0) is 11.3 Å². The minimum atomic E-state index is -0.708. The molecule has 0 bridgehead atoms. The Morgan fingerprint density at radius 2 is 1.71 bits per heavy atom. The molecule has 5 heteroatoms. The van der Waals surface area contributed by atoms with Gasteiger partial charge in [-0.05, 0) is 5.56 Å². The van der Waals surface area contributed by atoms with E-state index in [1.807, 2.05) is 30.3 Å². The minimum Gasteiger partial charge on any atom is -0.445 e. The van der Waals surface area contributed by atoms with Crippen LogP contribution in [-0.4, -0.2) is 37.4 Å². The third kappa shape index (κ3) is 4.80. The van der Waals surface area contributed by atoms with Gasteiger partial charge in [0.1, 0.15) is 20.0 Å². The van der Waals surface area contributed by atoms with Crippen molar-refractivity contribution in [2.75, 3.05) is 26.4 Å². The van der Waals surface area contributed by atoms with Crippen molar-refractivity contribution in [2.45, 2.75) is 6.61 Å². The fourth-order valence-corrected chi connectivity index (χ4v) is 1.31. The summed E-state index contributed by atoms with van der Waals surface area (Å²) in [4.78, 5) is 12.5. The maximum atomic E-state index is 12.1. The molecule has 0 saturated heterocycles. The Morgan fingerprint density at radius 1 is 1.12 bits per heavy atom. The average Bonchev–Trinajstić information content (AvgIpc) is 2.37. The molecule has 0 atom stereocenters. The smallest absolute Gasteiger partial charge is 0.410 e. The van der Waals surface area contributed by atoms with Crippen molar-refractivity contribution in [1.29, 1.82) is 0 Å². The van der Waals surface area contributed by atoms with Gasteiger partial charge >= 0.3 is 6.09 Å². The predicted octanol–water partition coefficient (Wildman–Crippen LogP) is 2.56. The van der Waals surface area contributed by atoms with E-state index in [4.69, 9.17) is 4.74 Å². The van der Waals surface area contributed by atoms with Crippen molar-refractivity contribution in [1.82, 2.24) is 4.90 Å². The zero-order chi connectivity index (χ0) is 12.5. The van der Waals surface area contributed by atoms with E-state index < -0.39 is 19.4 Å². The van der Waals surface area contributed by atoms with Crippen molar-refractivity contribution >= 4 is 6.09 Å². The third-order valence-corrected chi connectivity index (χ3v) is 2.17. The molecular formula is C12H15F2NO2. The molecule has 0 fully saturated rings. The highest BCUT2D eigenvalue weighted by atomic mass is 19.1. The van der Waals surface area contributed by atoms with E-state index in [0.29, 0.717) is 0 Å². The molecule has 0 saturated carbocycles. The van der Waals surface area contributed by atoms with Crippen molar-refractivity contribution in [2.24, 2.45) is 0 Å². The first-order valence-electron chi connectivity index (χ1n) is 5.35. The molecule has 0 spiro atoms. The van der Waals surface area contributed by atoms with Crippen LogP contribution in [0, 0.1) is 0 Å². The number of benzene rings is 1. The zero-order valence-electron chi connectivity index (χ0n) is 9.44. The van der Waals surface area contributed by atoms with Gasteiger partial charge in [-0.3, -0.25) is 0 Å². The van der Waals surface area contributed by atoms with Crippen LogP contribution >= 0.6 is 0 Å². The topological polar surface area (TPSA) is 29.5 Å². The first kappa shape index (κ1) is 13.4. The standard InChI is InChI=1S/C12H15F2NO2/c13-6-8-15(9-7-14)12(16)17-10-11-4-2-1-3-5-11/h1-5H,6-10H2. The lowest BCUT2D eigenvalue weighted by molar-refractivity contribution is 0.0913. The first-order chi connectivity index (χ1) is 8.27. The van der Waals surface area contributed by atoms with Gasteiger partial charge in [-0.2, -0.15) is 0 Å². The fraction of sp³-hybridized carbons (Fsp3) is 0.417. The number of hydrogen-bond donors (Lipinski definition) is 0. The van der Waals surface area contributed by atoms with E-state index in [1.165, 1.54) is 0 Å². The van der Waals surface area contributed by atoms with Gasteiger partial charge in [-0.25, -0.2) is 13.6 Å². The molecular weight excluding hydrogens is 228 g/mol. The van der Waals surface area contributed by atoms with Gasteiger partial charge < -0.3 is 9.64 Å². The van der Waals surface area contributed by atoms with Crippen LogP contribution in [0.25, 0.3) is 0 Å². The van der Waals surface area contributed by atoms with Gasteiger partial charge in [0.05, 0.1) is 13.1 Å². The van der Waals surface area contributed by atoms with E-state index >= 15 is 0 Å². The van der Waals surface area contributed by atoms with Crippen molar-refractivity contribution in [3.63, 3.8) is 0 Å². The Kier molecular flexibility index (Phi) is 5.99. The summed E-state index contributed by atoms with van der Waals surface area (Å²) in [7, 11) is 0. The van der Waals surface area contributed by atoms with Gasteiger partial charge in [0.2, 0.25) is 0 Å². The van der Waals surface area contributed by atoms with Crippen molar-refractivity contribution in [3.05, 3.63) is 35.9 Å². The second-order valence-corrected chi connectivity index (χ2v) is 3.41. The largest absolute Gasteiger partial charge is 0.445 e. The summed E-state index contributed by atoms with van der Waals surface area (Å²) >= 11 is 0. The predicted molar refractivity (Wildman–Crippen MR) is 60.2 cm³/mol. The molecule has 1 aromatic carbocycles. The Bertz CT molecular complexity index is 327. The molecule has 0 unspecified atom stereocenters. The number of halogens is 2. The van der Waals surface area contributed by atoms with E-state index in [0.717, 1.165) is 10.5 Å². The lowest BCUT2D eigenvalue weighted by Crippen LogP contribution is -2.35. The molecule has 94 valence electrons. The molecule has 1 aromatic rings. The molecule has 0 aliphatic rings. The molecule has 3 nitrogen and oxygen atoms in total. The monoisotopic (exact) mass is 243 g/mol. The maximum absolute atomic E-state index is 12.1. The van der Waals surface area contributed by atoms with Crippen LogP contribution in [0.15, 0.2) is 30.3 Å². The molecule has 0 radical (unpaired) electrons. The number of nitrogens with zero attached hydrogens (tertiary/aromatic N) is 1. The van der Waals surface area contributed by atoms with E-state index in [2.05, 4.69) is 0 Å². The summed E-state index contributed by atoms with van der Waals surface area (Å²) in [6, 6.07) is 9.11. The second-order valence-electron chi connectivity index (χ2n) is 3.41. The number of rotatable bonds is 6. The summed E-state index contributed by atoms with van der Waals surface area (Å²) in [6.45, 7) is -1.59. The average molecular weight is 243 g/mol. The van der Waals surface area contributed by atoms with Crippen LogP contribution in [0.3, 0.4) is 0 Å². The van der Waals surface area contributed by atoms with Gasteiger partial charge in [-0.1, -0.05) is 30.3 Å². The number of carbonyl (C=O) groups is 1. The van der Waals surface area contributed by atoms with Crippen molar-refractivity contribution < 1.29 is 18.3 Å². The highest BCUT2D eigenvalue weighted by molar-refractivity contribution is 5.67. The molecule has 0 aliphatic heterocycles. The van der Waals surface area contributed by atoms with Gasteiger partial charge in [-0.15, -0.1) is 0 Å². The van der Waals surface area contributed by atoms with Crippen LogP contribution in [0.4, 0.5) is 13.6 Å². The Labute approximate surface area is 99.0 Å². The number of ether oxygens (including phenoxy) is 1. The number of amides is 1. The Balaban J connectivity index is 2.41. The summed E-state index contributed by atoms with van der Waals surface area (Å²) < 4.78 is 29.2. The Morgan fingerprint density at radius 3 is 2.24 bits per heavy atom. The number of carbonyl (C=O) groups excluding carboxylic acids is 1. The molecule has 0 heterocycles. The highest BCUT2D eigenvalue weighted by Gasteiger charge is 2.14. The zero-order valence-corrected chi connectivity index (χ0v) is 9.44. The molecule has 0 N–H and O–H groups in total. The van der Waals surface area contributed by atoms with E-state index in [-0.39, 0.29) is 19.7 Å². The molecule has 1 amide bonds. The molecule has 0 aliphatic carbocycles. The molecule has 1 rings (SSSR count). The molecule has 17 heavy (non-hydrogen) atoms. The second kappa shape index (κ2) is 7.60. The van der Waals surface area contributed by atoms with Crippen molar-refractivity contribution in [3.8, 4) is 0 Å².